The van der Waals surface area contributed by atoms with Crippen LogP contribution in [0.1, 0.15) is 17.2 Å². The lowest BCUT2D eigenvalue weighted by molar-refractivity contribution is -0.148. The van der Waals surface area contributed by atoms with Crippen molar-refractivity contribution in [3.05, 3.63) is 90.1 Å². The number of amides is 2. The van der Waals surface area contributed by atoms with Crippen LogP contribution >= 0.6 is 0 Å². The Morgan fingerprint density at radius 2 is 1.71 bits per heavy atom. The lowest BCUT2D eigenvalue weighted by atomic mass is 9.76. The average molecular weight is 512 g/mol. The Morgan fingerprint density at radius 1 is 1.00 bits per heavy atom. The van der Waals surface area contributed by atoms with Crippen LogP contribution in [-0.2, 0) is 20.8 Å². The Morgan fingerprint density at radius 3 is 2.42 bits per heavy atom. The number of methoxy groups -OCH3 is 1. The SMILES string of the molecule is COc1ccc(N2C(=O)[C@@H]3[C@@H](C2=O)[C@](Cc2c[nH]c4ccccc24)(C(=O)O)N[C@H]3c2ccccc2O)cc1. The van der Waals surface area contributed by atoms with Crippen LogP contribution in [0.15, 0.2) is 79.0 Å². The number of nitrogens with zero attached hydrogens (tertiary/aromatic N) is 1. The molecule has 9 nitrogen and oxygen atoms in total. The Kier molecular flexibility index (Phi) is 5.46. The van der Waals surface area contributed by atoms with Crippen LogP contribution in [0.2, 0.25) is 0 Å². The normalized spacial score (nSPS) is 24.7. The second-order valence-electron chi connectivity index (χ2n) is 9.71. The van der Waals surface area contributed by atoms with Gasteiger partial charge in [-0.3, -0.25) is 19.7 Å². The van der Waals surface area contributed by atoms with E-state index in [1.807, 2.05) is 24.3 Å². The zero-order valence-corrected chi connectivity index (χ0v) is 20.4. The molecule has 1 aromatic heterocycles. The van der Waals surface area contributed by atoms with Crippen molar-refractivity contribution in [1.29, 1.82) is 0 Å². The molecular formula is C29H25N3O6. The van der Waals surface area contributed by atoms with Crippen molar-refractivity contribution in [3.8, 4) is 11.5 Å². The molecule has 3 heterocycles. The first-order valence-electron chi connectivity index (χ1n) is 12.2. The molecule has 3 aromatic carbocycles. The molecule has 0 unspecified atom stereocenters. The standard InChI is InChI=1S/C29H25N3O6/c1-38-18-12-10-17(11-13-18)32-26(34)23-24(27(32)35)29(28(36)37,31-25(23)20-7-3-5-9-22(20)33)14-16-15-30-21-8-4-2-6-19(16)21/h2-13,15,23-25,30-31,33H,14H2,1H3,(H,36,37)/t23-,24+,25+,29-/m1/s1. The summed E-state index contributed by atoms with van der Waals surface area (Å²) in [5.41, 5.74) is 0.426. The van der Waals surface area contributed by atoms with Gasteiger partial charge >= 0.3 is 5.97 Å². The Hall–Kier alpha value is -4.63. The molecule has 0 bridgehead atoms. The fourth-order valence-electron chi connectivity index (χ4n) is 6.02. The summed E-state index contributed by atoms with van der Waals surface area (Å²) in [5.74, 6) is -4.15. The minimum absolute atomic E-state index is 0.0485. The van der Waals surface area contributed by atoms with Crippen LogP contribution in [0.3, 0.4) is 0 Å². The predicted octanol–water partition coefficient (Wildman–Crippen LogP) is 3.40. The van der Waals surface area contributed by atoms with E-state index in [2.05, 4.69) is 10.3 Å². The zero-order chi connectivity index (χ0) is 26.6. The van der Waals surface area contributed by atoms with E-state index in [1.165, 1.54) is 13.2 Å². The van der Waals surface area contributed by atoms with Gasteiger partial charge in [-0.25, -0.2) is 4.90 Å². The second-order valence-corrected chi connectivity index (χ2v) is 9.71. The molecule has 0 saturated carbocycles. The highest BCUT2D eigenvalue weighted by atomic mass is 16.5. The highest BCUT2D eigenvalue weighted by Crippen LogP contribution is 2.52. The fraction of sp³-hybridized carbons (Fsp3) is 0.207. The lowest BCUT2D eigenvalue weighted by Gasteiger charge is -2.31. The summed E-state index contributed by atoms with van der Waals surface area (Å²) in [6.45, 7) is 0. The van der Waals surface area contributed by atoms with Gasteiger partial charge in [0, 0.05) is 35.1 Å². The van der Waals surface area contributed by atoms with Gasteiger partial charge in [0.05, 0.1) is 24.6 Å². The maximum absolute atomic E-state index is 14.0. The van der Waals surface area contributed by atoms with Crippen molar-refractivity contribution in [1.82, 2.24) is 10.3 Å². The smallest absolute Gasteiger partial charge is 0.325 e. The Balaban J connectivity index is 1.51. The molecule has 38 heavy (non-hydrogen) atoms. The molecule has 192 valence electrons. The Labute approximate surface area is 217 Å². The van der Waals surface area contributed by atoms with Gasteiger partial charge in [-0.2, -0.15) is 0 Å². The van der Waals surface area contributed by atoms with E-state index >= 15 is 0 Å². The third-order valence-electron chi connectivity index (χ3n) is 7.78. The monoisotopic (exact) mass is 511 g/mol. The molecule has 2 saturated heterocycles. The van der Waals surface area contributed by atoms with Crippen LogP contribution in [0.25, 0.3) is 10.9 Å². The number of carbonyl (C=O) groups is 3. The largest absolute Gasteiger partial charge is 0.508 e. The van der Waals surface area contributed by atoms with Crippen LogP contribution < -0.4 is 15.0 Å². The molecule has 0 spiro atoms. The predicted molar refractivity (Wildman–Crippen MR) is 139 cm³/mol. The number of benzene rings is 3. The van der Waals surface area contributed by atoms with Gasteiger partial charge in [0.1, 0.15) is 17.0 Å². The van der Waals surface area contributed by atoms with E-state index in [9.17, 15) is 24.6 Å². The number of aliphatic carboxylic acids is 1. The number of para-hydroxylation sites is 2. The number of aromatic nitrogens is 1. The van der Waals surface area contributed by atoms with Gasteiger partial charge in [-0.05, 0) is 42.0 Å². The summed E-state index contributed by atoms with van der Waals surface area (Å²) in [6.07, 6.45) is 1.69. The number of hydrogen-bond acceptors (Lipinski definition) is 6. The van der Waals surface area contributed by atoms with Gasteiger partial charge in [0.15, 0.2) is 0 Å². The number of anilines is 1. The molecule has 2 fully saturated rings. The molecule has 4 N–H and O–H groups in total. The molecule has 6 rings (SSSR count). The molecule has 0 radical (unpaired) electrons. The highest BCUT2D eigenvalue weighted by Gasteiger charge is 2.69. The number of carboxylic acid groups (broad SMARTS) is 1. The fourth-order valence-corrected chi connectivity index (χ4v) is 6.02. The first-order valence-corrected chi connectivity index (χ1v) is 12.2. The number of ether oxygens (including phenoxy) is 1. The van der Waals surface area contributed by atoms with E-state index in [4.69, 9.17) is 4.74 Å². The summed E-state index contributed by atoms with van der Waals surface area (Å²) < 4.78 is 5.20. The first kappa shape index (κ1) is 23.7. The number of hydrogen-bond donors (Lipinski definition) is 4. The average Bonchev–Trinajstić information content (AvgIpc) is 3.57. The van der Waals surface area contributed by atoms with E-state index in [0.717, 1.165) is 15.8 Å². The quantitative estimate of drug-likeness (QED) is 0.292. The number of fused-ring (bicyclic) bond motifs is 2. The van der Waals surface area contributed by atoms with Crippen LogP contribution in [0.4, 0.5) is 5.69 Å². The summed E-state index contributed by atoms with van der Waals surface area (Å²) in [4.78, 5) is 45.3. The van der Waals surface area contributed by atoms with Crippen LogP contribution in [0, 0.1) is 11.8 Å². The molecule has 2 aliphatic heterocycles. The van der Waals surface area contributed by atoms with Crippen molar-refractivity contribution in [2.45, 2.75) is 18.0 Å². The van der Waals surface area contributed by atoms with Crippen molar-refractivity contribution >= 4 is 34.4 Å². The van der Waals surface area contributed by atoms with Gasteiger partial charge in [-0.15, -0.1) is 0 Å². The van der Waals surface area contributed by atoms with E-state index in [0.29, 0.717) is 22.6 Å². The molecule has 0 aliphatic carbocycles. The molecule has 9 heteroatoms. The van der Waals surface area contributed by atoms with Gasteiger partial charge in [-0.1, -0.05) is 36.4 Å². The molecule has 2 aliphatic rings. The molecule has 2 amide bonds. The van der Waals surface area contributed by atoms with Gasteiger partial charge in [0.25, 0.3) is 0 Å². The lowest BCUT2D eigenvalue weighted by Crippen LogP contribution is -2.57. The maximum Gasteiger partial charge on any atom is 0.325 e. The molecule has 4 atom stereocenters. The topological polar surface area (TPSA) is 132 Å². The number of rotatable bonds is 6. The number of imide groups is 1. The van der Waals surface area contributed by atoms with Crippen LogP contribution in [0.5, 0.6) is 11.5 Å². The third-order valence-corrected chi connectivity index (χ3v) is 7.78. The van der Waals surface area contributed by atoms with Gasteiger partial charge < -0.3 is 19.9 Å². The van der Waals surface area contributed by atoms with Crippen molar-refractivity contribution < 1.29 is 29.3 Å². The number of phenolic OH excluding ortho intramolecular Hbond substituents is 1. The maximum atomic E-state index is 14.0. The van der Waals surface area contributed by atoms with E-state index in [-0.39, 0.29) is 12.2 Å². The second kappa shape index (κ2) is 8.74. The number of aromatic hydroxyl groups is 1. The van der Waals surface area contributed by atoms with Crippen LogP contribution in [-0.4, -0.2) is 45.6 Å². The van der Waals surface area contributed by atoms with Crippen molar-refractivity contribution in [3.63, 3.8) is 0 Å². The zero-order valence-electron chi connectivity index (χ0n) is 20.4. The molecule has 4 aromatic rings. The number of aromatic amines is 1. The Bertz CT molecular complexity index is 1580. The minimum Gasteiger partial charge on any atom is -0.508 e. The summed E-state index contributed by atoms with van der Waals surface area (Å²) >= 11 is 0. The minimum atomic E-state index is -1.81. The molecular weight excluding hydrogens is 486 g/mol. The van der Waals surface area contributed by atoms with E-state index < -0.39 is 41.2 Å². The summed E-state index contributed by atoms with van der Waals surface area (Å²) in [5, 5.41) is 25.4. The number of carboxylic acids is 1. The van der Waals surface area contributed by atoms with Crippen molar-refractivity contribution in [2.75, 3.05) is 12.0 Å². The van der Waals surface area contributed by atoms with E-state index in [1.54, 1.807) is 48.7 Å². The summed E-state index contributed by atoms with van der Waals surface area (Å²) in [6, 6.07) is 19.5. The third kappa shape index (κ3) is 3.39. The number of nitrogens with one attached hydrogen (secondary N) is 2. The number of carbonyl (C=O) groups excluding carboxylic acids is 2. The first-order chi connectivity index (χ1) is 18.4. The van der Waals surface area contributed by atoms with Gasteiger partial charge in [0.2, 0.25) is 11.8 Å². The summed E-state index contributed by atoms with van der Waals surface area (Å²) in [7, 11) is 1.51. The highest BCUT2D eigenvalue weighted by molar-refractivity contribution is 6.24. The number of H-pyrrole nitrogens is 1. The number of phenols is 1. The van der Waals surface area contributed by atoms with Crippen molar-refractivity contribution in [2.24, 2.45) is 11.8 Å².